The van der Waals surface area contributed by atoms with E-state index in [1.807, 2.05) is 58.0 Å². The Kier molecular flexibility index (Phi) is 19.7. The van der Waals surface area contributed by atoms with E-state index in [1.165, 1.54) is 36.4 Å². The fourth-order valence-corrected chi connectivity index (χ4v) is 5.42. The van der Waals surface area contributed by atoms with E-state index >= 15 is 0 Å². The molecule has 0 spiro atoms. The molecule has 10 N–H and O–H groups in total. The second kappa shape index (κ2) is 24.1. The fraction of sp³-hybridized carbons (Fsp3) is 0.250. The second-order valence-corrected chi connectivity index (χ2v) is 13.8. The van der Waals surface area contributed by atoms with Crippen LogP contribution in [-0.4, -0.2) is 51.1 Å². The van der Waals surface area contributed by atoms with Crippen LogP contribution >= 0.6 is 0 Å². The van der Waals surface area contributed by atoms with Gasteiger partial charge >= 0.3 is 0 Å². The lowest BCUT2D eigenvalue weighted by Gasteiger charge is -2.14. The van der Waals surface area contributed by atoms with Crippen molar-refractivity contribution in [1.82, 2.24) is 0 Å². The lowest BCUT2D eigenvalue weighted by molar-refractivity contribution is 0.443. The van der Waals surface area contributed by atoms with Crippen LogP contribution in [0.5, 0.6) is 57.5 Å². The summed E-state index contributed by atoms with van der Waals surface area (Å²) < 4.78 is 0. The average molecular weight is 795 g/mol. The van der Waals surface area contributed by atoms with Crippen molar-refractivity contribution in [1.29, 1.82) is 0 Å². The molecule has 0 aromatic heterocycles. The highest BCUT2D eigenvalue weighted by Gasteiger charge is 2.12. The summed E-state index contributed by atoms with van der Waals surface area (Å²) in [5.41, 5.74) is 5.37. The largest absolute Gasteiger partial charge is 0.508 e. The maximum absolute atomic E-state index is 9.76. The van der Waals surface area contributed by atoms with Gasteiger partial charge in [-0.2, -0.15) is 0 Å². The van der Waals surface area contributed by atoms with Crippen molar-refractivity contribution in [3.8, 4) is 57.5 Å². The number of unbranched alkanes of at least 4 members (excludes halogenated alkanes) is 1. The van der Waals surface area contributed by atoms with Gasteiger partial charge in [0.2, 0.25) is 0 Å². The van der Waals surface area contributed by atoms with Gasteiger partial charge in [0.05, 0.1) is 0 Å². The first-order valence-electron chi connectivity index (χ1n) is 19.1. The van der Waals surface area contributed by atoms with Crippen molar-refractivity contribution in [2.45, 2.75) is 79.1 Å². The SMILES string of the molecule is CC(C)c1ccc(O)cc1O.CC(c1ccccc1)c1ccc(O)cc1O.CCCCc1ccc(O)cc1O.CCc1ccc(O)cc1O.Cc1ccc(O)cc1O. The molecule has 0 saturated heterocycles. The van der Waals surface area contributed by atoms with E-state index in [9.17, 15) is 20.4 Å². The number of phenolic OH excluding ortho intramolecular Hbond substituents is 10. The highest BCUT2D eigenvalue weighted by atomic mass is 16.3. The first-order chi connectivity index (χ1) is 27.5. The van der Waals surface area contributed by atoms with Crippen LogP contribution in [0, 0.1) is 6.92 Å². The van der Waals surface area contributed by atoms with Crippen LogP contribution in [0.15, 0.2) is 121 Å². The van der Waals surface area contributed by atoms with Gasteiger partial charge in [0.25, 0.3) is 0 Å². The zero-order valence-corrected chi connectivity index (χ0v) is 34.0. The molecule has 0 bridgehead atoms. The summed E-state index contributed by atoms with van der Waals surface area (Å²) >= 11 is 0. The average Bonchev–Trinajstić information content (AvgIpc) is 3.17. The van der Waals surface area contributed by atoms with Gasteiger partial charge in [0.15, 0.2) is 0 Å². The van der Waals surface area contributed by atoms with E-state index in [4.69, 9.17) is 30.6 Å². The highest BCUT2D eigenvalue weighted by molar-refractivity contribution is 5.45. The quantitative estimate of drug-likeness (QED) is 0.0741. The summed E-state index contributed by atoms with van der Waals surface area (Å²) in [5, 5.41) is 91.3. The Bertz CT molecular complexity index is 2130. The van der Waals surface area contributed by atoms with Gasteiger partial charge in [-0.05, 0) is 90.3 Å². The molecule has 1 atom stereocenters. The molecule has 0 aliphatic carbocycles. The van der Waals surface area contributed by atoms with Crippen molar-refractivity contribution >= 4 is 0 Å². The van der Waals surface area contributed by atoms with Crippen LogP contribution in [0.3, 0.4) is 0 Å². The van der Waals surface area contributed by atoms with Gasteiger partial charge < -0.3 is 51.1 Å². The standard InChI is InChI=1S/C14H14O2.C10H14O2.C9H12O2.C8H10O2.C7H8O2/c1-10(11-5-3-2-4-6-11)13-8-7-12(15)9-14(13)16;1-2-3-4-8-5-6-9(11)7-10(8)12;1-6(2)8-4-3-7(10)5-9(8)11;1-2-6-3-4-7(9)5-8(6)10;1-5-2-3-6(8)4-7(5)9/h2-10,15-16H,1H3;5-7,11-12H,2-4H2,1H3;3-6,10-11H,1-2H3;3-5,9-10H,2H2,1H3;2-4,8-9H,1H3. The molecule has 6 aromatic rings. The summed E-state index contributed by atoms with van der Waals surface area (Å²) in [7, 11) is 0. The van der Waals surface area contributed by atoms with Gasteiger partial charge in [-0.3, -0.25) is 0 Å². The zero-order chi connectivity index (χ0) is 43.4. The molecular weight excluding hydrogens is 737 g/mol. The van der Waals surface area contributed by atoms with Crippen molar-refractivity contribution in [3.63, 3.8) is 0 Å². The van der Waals surface area contributed by atoms with Crippen LogP contribution in [-0.2, 0) is 12.8 Å². The number of rotatable bonds is 7. The van der Waals surface area contributed by atoms with Gasteiger partial charge in [-0.25, -0.2) is 0 Å². The van der Waals surface area contributed by atoms with Gasteiger partial charge in [0.1, 0.15) is 57.5 Å². The molecule has 0 amide bonds. The maximum atomic E-state index is 9.76. The summed E-state index contributed by atoms with van der Waals surface area (Å²) in [4.78, 5) is 0. The molecule has 0 fully saturated rings. The maximum Gasteiger partial charge on any atom is 0.123 e. The van der Waals surface area contributed by atoms with Crippen LogP contribution in [0.25, 0.3) is 0 Å². The molecule has 0 radical (unpaired) electrons. The Morgan fingerprint density at radius 3 is 1.24 bits per heavy atom. The molecule has 10 heteroatoms. The summed E-state index contributed by atoms with van der Waals surface area (Å²) in [6.07, 6.45) is 3.84. The van der Waals surface area contributed by atoms with Crippen molar-refractivity contribution in [2.75, 3.05) is 0 Å². The molecule has 310 valence electrons. The third-order valence-electron chi connectivity index (χ3n) is 8.93. The third-order valence-corrected chi connectivity index (χ3v) is 8.93. The second-order valence-electron chi connectivity index (χ2n) is 13.8. The predicted molar refractivity (Wildman–Crippen MR) is 230 cm³/mol. The number of aryl methyl sites for hydroxylation is 3. The molecule has 1 unspecified atom stereocenters. The Hall–Kier alpha value is -6.68. The van der Waals surface area contributed by atoms with E-state index in [2.05, 4.69) is 6.92 Å². The number of hydrogen-bond acceptors (Lipinski definition) is 10. The number of phenols is 10. The molecule has 0 saturated carbocycles. The van der Waals surface area contributed by atoms with E-state index < -0.39 is 0 Å². The van der Waals surface area contributed by atoms with Crippen molar-refractivity contribution in [3.05, 3.63) is 155 Å². The Labute approximate surface area is 341 Å². The van der Waals surface area contributed by atoms with Crippen LogP contribution in [0.2, 0.25) is 0 Å². The Balaban J connectivity index is 0.000000254. The number of hydrogen-bond donors (Lipinski definition) is 10. The van der Waals surface area contributed by atoms with Crippen LogP contribution in [0.1, 0.15) is 92.7 Å². The van der Waals surface area contributed by atoms with Crippen LogP contribution < -0.4 is 0 Å². The molecule has 58 heavy (non-hydrogen) atoms. The first kappa shape index (κ1) is 47.5. The van der Waals surface area contributed by atoms with Gasteiger partial charge in [-0.15, -0.1) is 0 Å². The minimum Gasteiger partial charge on any atom is -0.508 e. The third kappa shape index (κ3) is 16.2. The molecule has 6 aromatic carbocycles. The van der Waals surface area contributed by atoms with E-state index in [0.29, 0.717) is 0 Å². The molecule has 6 rings (SSSR count). The van der Waals surface area contributed by atoms with Crippen LogP contribution in [0.4, 0.5) is 0 Å². The summed E-state index contributed by atoms with van der Waals surface area (Å²) in [6.45, 7) is 11.8. The highest BCUT2D eigenvalue weighted by Crippen LogP contribution is 2.33. The minimum absolute atomic E-state index is 0.0847. The monoisotopic (exact) mass is 794 g/mol. The normalized spacial score (nSPS) is 10.6. The first-order valence-corrected chi connectivity index (χ1v) is 19.1. The number of benzene rings is 6. The Morgan fingerprint density at radius 2 is 0.845 bits per heavy atom. The van der Waals surface area contributed by atoms with Gasteiger partial charge in [-0.1, -0.05) is 102 Å². The summed E-state index contributed by atoms with van der Waals surface area (Å²) in [6, 6.07) is 33.2. The lowest BCUT2D eigenvalue weighted by Crippen LogP contribution is -1.95. The lowest BCUT2D eigenvalue weighted by atomic mass is 9.92. The topological polar surface area (TPSA) is 202 Å². The fourth-order valence-electron chi connectivity index (χ4n) is 5.42. The molecule has 0 aliphatic rings. The van der Waals surface area contributed by atoms with Gasteiger partial charge in [0, 0.05) is 41.8 Å². The molecular formula is C48H58O10. The van der Waals surface area contributed by atoms with E-state index in [-0.39, 0.29) is 69.3 Å². The molecule has 10 nitrogen and oxygen atoms in total. The Morgan fingerprint density at radius 1 is 0.431 bits per heavy atom. The minimum atomic E-state index is 0.0847. The summed E-state index contributed by atoms with van der Waals surface area (Å²) in [5.74, 6) is 1.71. The van der Waals surface area contributed by atoms with Crippen molar-refractivity contribution < 1.29 is 51.1 Å². The van der Waals surface area contributed by atoms with Crippen molar-refractivity contribution in [2.24, 2.45) is 0 Å². The number of aromatic hydroxyl groups is 10. The van der Waals surface area contributed by atoms with E-state index in [1.54, 1.807) is 61.5 Å². The molecule has 0 aliphatic heterocycles. The zero-order valence-electron chi connectivity index (χ0n) is 34.0. The smallest absolute Gasteiger partial charge is 0.123 e. The van der Waals surface area contributed by atoms with E-state index in [0.717, 1.165) is 59.1 Å². The predicted octanol–water partition coefficient (Wildman–Crippen LogP) is 11.0. The molecule has 0 heterocycles.